The van der Waals surface area contributed by atoms with Crippen molar-refractivity contribution in [2.24, 2.45) is 17.6 Å². The average Bonchev–Trinajstić information content (AvgIpc) is 3.30. The third-order valence-electron chi connectivity index (χ3n) is 8.05. The fourth-order valence-electron chi connectivity index (χ4n) is 6.51. The third kappa shape index (κ3) is 3.04. The minimum absolute atomic E-state index is 0.0589. The number of nitrogens with two attached hydrogens (primary N) is 1. The molecule has 1 aromatic rings. The molecule has 35 heavy (non-hydrogen) atoms. The molecule has 0 saturated heterocycles. The number of phenolic OH excluding ortho intramolecular Hbond substituents is 1. The number of amides is 1. The second-order valence-corrected chi connectivity index (χ2v) is 10.1. The Hall–Kier alpha value is -3.43. The zero-order valence-corrected chi connectivity index (χ0v) is 19.5. The molecule has 0 saturated carbocycles. The molecule has 184 valence electrons. The van der Waals surface area contributed by atoms with Crippen molar-refractivity contribution in [1.82, 2.24) is 4.90 Å². The summed E-state index contributed by atoms with van der Waals surface area (Å²) in [5.41, 5.74) is 3.46. The number of ketones is 2. The number of likely N-dealkylation sites (N-methyl/N-ethyl adjacent to an activating group) is 1. The summed E-state index contributed by atoms with van der Waals surface area (Å²) >= 11 is 0. The molecule has 0 radical (unpaired) electrons. The van der Waals surface area contributed by atoms with Gasteiger partial charge in [-0.25, -0.2) is 0 Å². The zero-order chi connectivity index (χ0) is 25.4. The van der Waals surface area contributed by atoms with Gasteiger partial charge in [0.2, 0.25) is 5.78 Å². The number of hydrogen-bond donors (Lipinski definition) is 5. The van der Waals surface area contributed by atoms with E-state index < -0.39 is 58.0 Å². The maximum atomic E-state index is 13.7. The first-order valence-corrected chi connectivity index (χ1v) is 11.7. The molecule has 1 aromatic carbocycles. The number of aliphatic hydroxyl groups is 3. The third-order valence-corrected chi connectivity index (χ3v) is 8.05. The molecule has 5 atom stereocenters. The summed E-state index contributed by atoms with van der Waals surface area (Å²) in [6.07, 6.45) is 6.35. The molecule has 4 aliphatic carbocycles. The fraction of sp³-hybridized carbons (Fsp3) is 0.423. The highest BCUT2D eigenvalue weighted by Gasteiger charge is 2.63. The molecule has 6 N–H and O–H groups in total. The Morgan fingerprint density at radius 3 is 2.49 bits per heavy atom. The van der Waals surface area contributed by atoms with Gasteiger partial charge in [-0.3, -0.25) is 19.3 Å². The number of nitrogens with zero attached hydrogens (tertiary/aromatic N) is 1. The molecule has 0 aliphatic heterocycles. The first-order chi connectivity index (χ1) is 16.5. The van der Waals surface area contributed by atoms with Crippen molar-refractivity contribution in [2.75, 3.05) is 14.1 Å². The van der Waals surface area contributed by atoms with Crippen molar-refractivity contribution < 1.29 is 34.8 Å². The van der Waals surface area contributed by atoms with Crippen molar-refractivity contribution in [2.45, 2.75) is 43.2 Å². The van der Waals surface area contributed by atoms with Gasteiger partial charge in [-0.05, 0) is 62.9 Å². The van der Waals surface area contributed by atoms with Gasteiger partial charge in [-0.15, -0.1) is 0 Å². The molecule has 0 fully saturated rings. The summed E-state index contributed by atoms with van der Waals surface area (Å²) in [5.74, 6) is -6.27. The first kappa shape index (κ1) is 23.3. The summed E-state index contributed by atoms with van der Waals surface area (Å²) in [6.45, 7) is 0. The van der Waals surface area contributed by atoms with E-state index in [9.17, 15) is 34.8 Å². The van der Waals surface area contributed by atoms with Crippen LogP contribution in [0.3, 0.4) is 0 Å². The van der Waals surface area contributed by atoms with Crippen molar-refractivity contribution >= 4 is 17.5 Å². The smallest absolute Gasteiger partial charge is 0.255 e. The summed E-state index contributed by atoms with van der Waals surface area (Å²) in [4.78, 5) is 40.5. The van der Waals surface area contributed by atoms with Gasteiger partial charge in [0.05, 0.1) is 11.6 Å². The van der Waals surface area contributed by atoms with Gasteiger partial charge < -0.3 is 26.2 Å². The minimum Gasteiger partial charge on any atom is -0.510 e. The lowest BCUT2D eigenvalue weighted by Gasteiger charge is -2.50. The topological polar surface area (TPSA) is 161 Å². The van der Waals surface area contributed by atoms with Crippen LogP contribution in [0.15, 0.2) is 46.9 Å². The number of benzene rings is 1. The van der Waals surface area contributed by atoms with Gasteiger partial charge in [-0.1, -0.05) is 18.2 Å². The number of Topliss-reactive ketones (excluding diaryl/α,β-unsaturated/α-hetero) is 2. The largest absolute Gasteiger partial charge is 0.510 e. The van der Waals surface area contributed by atoms with Crippen LogP contribution in [0.1, 0.15) is 46.7 Å². The van der Waals surface area contributed by atoms with Crippen LogP contribution in [0, 0.1) is 11.8 Å². The molecule has 5 unspecified atom stereocenters. The average molecular weight is 481 g/mol. The highest BCUT2D eigenvalue weighted by atomic mass is 16.3. The summed E-state index contributed by atoms with van der Waals surface area (Å²) < 4.78 is 0. The molecular formula is C26H28N2O7. The van der Waals surface area contributed by atoms with Crippen molar-refractivity contribution in [3.63, 3.8) is 0 Å². The van der Waals surface area contributed by atoms with Crippen molar-refractivity contribution in [3.05, 3.63) is 63.6 Å². The number of carbonyl (C=O) groups is 3. The van der Waals surface area contributed by atoms with Crippen LogP contribution in [-0.4, -0.2) is 68.5 Å². The molecule has 1 amide bonds. The second kappa shape index (κ2) is 7.79. The maximum Gasteiger partial charge on any atom is 0.255 e. The second-order valence-electron chi connectivity index (χ2n) is 10.1. The Bertz CT molecular complexity index is 1270. The van der Waals surface area contributed by atoms with Crippen LogP contribution < -0.4 is 5.73 Å². The molecule has 9 nitrogen and oxygen atoms in total. The molecule has 0 spiro atoms. The van der Waals surface area contributed by atoms with Gasteiger partial charge in [0.25, 0.3) is 5.91 Å². The van der Waals surface area contributed by atoms with E-state index in [1.807, 2.05) is 6.07 Å². The Labute approximate surface area is 201 Å². The number of aliphatic hydroxyl groups excluding tert-OH is 2. The lowest BCUT2D eigenvalue weighted by molar-refractivity contribution is -0.148. The van der Waals surface area contributed by atoms with E-state index in [2.05, 4.69) is 12.2 Å². The Balaban J connectivity index is 1.71. The highest BCUT2D eigenvalue weighted by Crippen LogP contribution is 2.53. The van der Waals surface area contributed by atoms with Crippen molar-refractivity contribution in [1.29, 1.82) is 0 Å². The monoisotopic (exact) mass is 480 g/mol. The fourth-order valence-corrected chi connectivity index (χ4v) is 6.51. The number of aromatic hydroxyl groups is 1. The minimum atomic E-state index is -2.62. The van der Waals surface area contributed by atoms with Gasteiger partial charge in [-0.2, -0.15) is 0 Å². The summed E-state index contributed by atoms with van der Waals surface area (Å²) in [6, 6.07) is 2.27. The molecule has 5 rings (SSSR count). The van der Waals surface area contributed by atoms with Crippen LogP contribution in [0.5, 0.6) is 5.75 Å². The predicted molar refractivity (Wildman–Crippen MR) is 125 cm³/mol. The van der Waals surface area contributed by atoms with Gasteiger partial charge in [0.15, 0.2) is 11.4 Å². The number of rotatable bonds is 3. The van der Waals surface area contributed by atoms with E-state index in [0.717, 1.165) is 18.4 Å². The maximum absolute atomic E-state index is 13.7. The number of hydrogen-bond acceptors (Lipinski definition) is 8. The molecule has 0 bridgehead atoms. The molecule has 0 heterocycles. The van der Waals surface area contributed by atoms with Gasteiger partial charge in [0.1, 0.15) is 22.8 Å². The number of allylic oxidation sites excluding steroid dienone is 3. The van der Waals surface area contributed by atoms with Crippen LogP contribution in [0.2, 0.25) is 0 Å². The highest BCUT2D eigenvalue weighted by molar-refractivity contribution is 6.24. The van der Waals surface area contributed by atoms with Crippen LogP contribution >= 0.6 is 0 Å². The number of carbonyl (C=O) groups excluding carboxylic acids is 3. The van der Waals surface area contributed by atoms with Crippen LogP contribution in [-0.2, 0) is 16.0 Å². The standard InChI is InChI=1S/C26H28N2O7/c1-28(2)20-15-10-12-9-14-13(11-5-3-4-6-11)7-8-16(29)18(14)21(30)17(12)23(32)26(15,35)24(33)19(22(20)31)25(27)34/h3,5,7-8,11-12,15,20,29,31-32,35H,4,6,9-10H2,1-2H3,(H2,27,34). The number of primary amides is 1. The quantitative estimate of drug-likeness (QED) is 0.322. The zero-order valence-electron chi connectivity index (χ0n) is 19.5. The number of phenols is 1. The SMILES string of the molecule is CN(C)C1C(O)=C(C(N)=O)C(=O)C2(O)C(O)=C3C(=O)c4c(O)ccc(C5C=CCC5)c4CC3CC12. The summed E-state index contributed by atoms with van der Waals surface area (Å²) in [5, 5.41) is 44.3. The van der Waals surface area contributed by atoms with Crippen LogP contribution in [0.4, 0.5) is 0 Å². The Morgan fingerprint density at radius 2 is 1.89 bits per heavy atom. The lowest BCUT2D eigenvalue weighted by Crippen LogP contribution is -2.63. The van der Waals surface area contributed by atoms with Crippen molar-refractivity contribution in [3.8, 4) is 5.75 Å². The van der Waals surface area contributed by atoms with E-state index in [-0.39, 0.29) is 29.2 Å². The van der Waals surface area contributed by atoms with E-state index in [1.165, 1.54) is 11.0 Å². The van der Waals surface area contributed by atoms with E-state index in [1.54, 1.807) is 14.1 Å². The van der Waals surface area contributed by atoms with E-state index in [4.69, 9.17) is 5.73 Å². The predicted octanol–water partition coefficient (Wildman–Crippen LogP) is 1.55. The van der Waals surface area contributed by atoms with Gasteiger partial charge >= 0.3 is 0 Å². The normalized spacial score (nSPS) is 32.1. The van der Waals surface area contributed by atoms with E-state index >= 15 is 0 Å². The lowest BCUT2D eigenvalue weighted by atomic mass is 9.58. The molecule has 4 aliphatic rings. The molecule has 9 heteroatoms. The summed E-state index contributed by atoms with van der Waals surface area (Å²) in [7, 11) is 3.21. The molecular weight excluding hydrogens is 452 g/mol. The Kier molecular flexibility index (Phi) is 5.19. The van der Waals surface area contributed by atoms with Gasteiger partial charge in [0, 0.05) is 17.4 Å². The first-order valence-electron chi connectivity index (χ1n) is 11.7. The van der Waals surface area contributed by atoms with E-state index in [0.29, 0.717) is 12.0 Å². The van der Waals surface area contributed by atoms with Crippen LogP contribution in [0.25, 0.3) is 0 Å². The number of fused-ring (bicyclic) bond motifs is 3. The molecule has 0 aromatic heterocycles. The Morgan fingerprint density at radius 1 is 1.17 bits per heavy atom.